The van der Waals surface area contributed by atoms with E-state index in [1.807, 2.05) is 24.3 Å². The van der Waals surface area contributed by atoms with Crippen LogP contribution in [0.25, 0.3) is 0 Å². The summed E-state index contributed by atoms with van der Waals surface area (Å²) in [7, 11) is 3.04. The first-order chi connectivity index (χ1) is 14.9. The van der Waals surface area contributed by atoms with Gasteiger partial charge in [-0.1, -0.05) is 42.1 Å². The molecule has 162 valence electrons. The number of hydrogen-bond donors (Lipinski definition) is 2. The van der Waals surface area contributed by atoms with E-state index in [1.165, 1.54) is 18.9 Å². The predicted octanol–water partition coefficient (Wildman–Crippen LogP) is 4.39. The van der Waals surface area contributed by atoms with Crippen molar-refractivity contribution < 1.29 is 29.3 Å². The monoisotopic (exact) mass is 442 g/mol. The van der Waals surface area contributed by atoms with E-state index in [2.05, 4.69) is 4.99 Å². The highest BCUT2D eigenvalue weighted by Gasteiger charge is 2.41. The highest BCUT2D eigenvalue weighted by molar-refractivity contribution is 8.13. The van der Waals surface area contributed by atoms with Crippen molar-refractivity contribution in [1.82, 2.24) is 4.90 Å². The molecular weight excluding hydrogens is 420 g/mol. The number of hydrogen-bond acceptors (Lipinski definition) is 6. The first kappa shape index (κ1) is 22.2. The van der Waals surface area contributed by atoms with Crippen LogP contribution >= 0.6 is 11.8 Å². The van der Waals surface area contributed by atoms with Crippen molar-refractivity contribution in [1.29, 1.82) is 0 Å². The quantitative estimate of drug-likeness (QED) is 0.683. The Kier molecular flexibility index (Phi) is 6.86. The Morgan fingerprint density at radius 1 is 1.06 bits per heavy atom. The van der Waals surface area contributed by atoms with Crippen molar-refractivity contribution in [2.24, 2.45) is 4.99 Å². The van der Waals surface area contributed by atoms with Crippen LogP contribution in [0.2, 0.25) is 0 Å². The molecule has 0 aromatic heterocycles. The number of allylic oxidation sites excluding steroid dienone is 1. The van der Waals surface area contributed by atoms with E-state index >= 15 is 0 Å². The zero-order chi connectivity index (χ0) is 22.5. The standard InChI is InChI=1S/C22H22N2O6S/c1-13-18(20(25)26)19(16-6-4-5-7-17(16)30-3)24(22(27)28)21(23-13)31-12-14-8-10-15(29-2)11-9-14/h4-11,19H,12H2,1-3H3,(H,25,26)(H,27,28). The molecule has 1 atom stereocenters. The van der Waals surface area contributed by atoms with Crippen LogP contribution in [0.3, 0.4) is 0 Å². The molecule has 0 fully saturated rings. The van der Waals surface area contributed by atoms with Crippen molar-refractivity contribution in [2.75, 3.05) is 14.2 Å². The molecule has 8 nitrogen and oxygen atoms in total. The number of carboxylic acids is 1. The van der Waals surface area contributed by atoms with E-state index < -0.39 is 18.1 Å². The third-order valence-electron chi connectivity index (χ3n) is 4.79. The minimum atomic E-state index is -1.30. The lowest BCUT2D eigenvalue weighted by molar-refractivity contribution is -0.133. The minimum Gasteiger partial charge on any atom is -0.497 e. The van der Waals surface area contributed by atoms with Gasteiger partial charge in [-0.15, -0.1) is 0 Å². The number of amidine groups is 1. The molecule has 3 rings (SSSR count). The molecule has 2 aromatic carbocycles. The fourth-order valence-electron chi connectivity index (χ4n) is 3.32. The molecule has 1 unspecified atom stereocenters. The van der Waals surface area contributed by atoms with Gasteiger partial charge in [0.1, 0.15) is 17.5 Å². The summed E-state index contributed by atoms with van der Waals surface area (Å²) in [6, 6.07) is 13.1. The number of nitrogens with zero attached hydrogens (tertiary/aromatic N) is 2. The zero-order valence-corrected chi connectivity index (χ0v) is 18.0. The molecular formula is C22H22N2O6S. The number of rotatable bonds is 6. The topological polar surface area (TPSA) is 109 Å². The molecule has 1 heterocycles. The summed E-state index contributed by atoms with van der Waals surface area (Å²) >= 11 is 1.22. The van der Waals surface area contributed by atoms with Gasteiger partial charge in [-0.2, -0.15) is 0 Å². The molecule has 9 heteroatoms. The molecule has 0 bridgehead atoms. The molecule has 0 aliphatic carbocycles. The summed E-state index contributed by atoms with van der Waals surface area (Å²) in [5, 5.41) is 20.1. The van der Waals surface area contributed by atoms with E-state index in [9.17, 15) is 19.8 Å². The number of carboxylic acid groups (broad SMARTS) is 2. The lowest BCUT2D eigenvalue weighted by atomic mass is 9.94. The number of thioether (sulfide) groups is 1. The number of ether oxygens (including phenoxy) is 2. The van der Waals surface area contributed by atoms with Crippen LogP contribution in [0, 0.1) is 0 Å². The second-order valence-electron chi connectivity index (χ2n) is 6.63. The van der Waals surface area contributed by atoms with Gasteiger partial charge in [0, 0.05) is 11.3 Å². The van der Waals surface area contributed by atoms with Gasteiger partial charge in [0.05, 0.1) is 25.5 Å². The Hall–Kier alpha value is -3.46. The summed E-state index contributed by atoms with van der Waals surface area (Å²) < 4.78 is 10.5. The second kappa shape index (κ2) is 9.57. The highest BCUT2D eigenvalue weighted by atomic mass is 32.2. The van der Waals surface area contributed by atoms with E-state index in [0.717, 1.165) is 16.2 Å². The summed E-state index contributed by atoms with van der Waals surface area (Å²) in [5.41, 5.74) is 1.51. The maximum atomic E-state index is 12.3. The number of amides is 1. The molecule has 0 saturated heterocycles. The first-order valence-electron chi connectivity index (χ1n) is 9.31. The van der Waals surface area contributed by atoms with Crippen LogP contribution in [-0.2, 0) is 10.5 Å². The van der Waals surface area contributed by atoms with Gasteiger partial charge in [0.15, 0.2) is 5.17 Å². The van der Waals surface area contributed by atoms with Gasteiger partial charge >= 0.3 is 12.1 Å². The summed E-state index contributed by atoms with van der Waals surface area (Å²) in [5.74, 6) is 0.326. The SMILES string of the molecule is COc1ccc(CSC2=NC(C)=C(C(=O)O)C(c3ccccc3OC)N2C(=O)O)cc1. The van der Waals surface area contributed by atoms with Gasteiger partial charge in [-0.3, -0.25) is 0 Å². The normalized spacial score (nSPS) is 16.0. The van der Waals surface area contributed by atoms with Crippen LogP contribution in [0.5, 0.6) is 11.5 Å². The van der Waals surface area contributed by atoms with E-state index in [4.69, 9.17) is 9.47 Å². The van der Waals surface area contributed by atoms with Crippen molar-refractivity contribution in [2.45, 2.75) is 18.7 Å². The van der Waals surface area contributed by atoms with Crippen LogP contribution in [0.15, 0.2) is 64.8 Å². The maximum Gasteiger partial charge on any atom is 0.414 e. The van der Waals surface area contributed by atoms with Crippen molar-refractivity contribution in [3.8, 4) is 11.5 Å². The molecule has 0 spiro atoms. The Bertz CT molecular complexity index is 1050. The average molecular weight is 442 g/mol. The van der Waals surface area contributed by atoms with Crippen molar-refractivity contribution in [3.63, 3.8) is 0 Å². The third kappa shape index (κ3) is 4.66. The van der Waals surface area contributed by atoms with Gasteiger partial charge in [-0.25, -0.2) is 19.5 Å². The molecule has 1 amide bonds. The number of methoxy groups -OCH3 is 2. The van der Waals surface area contributed by atoms with Gasteiger partial charge in [0.2, 0.25) is 0 Å². The van der Waals surface area contributed by atoms with Crippen LogP contribution in [0.1, 0.15) is 24.1 Å². The number of carbonyl (C=O) groups is 2. The summed E-state index contributed by atoms with van der Waals surface area (Å²) in [4.78, 5) is 29.6. The number of benzene rings is 2. The molecule has 0 radical (unpaired) electrons. The molecule has 0 saturated carbocycles. The molecule has 1 aliphatic rings. The average Bonchev–Trinajstić information content (AvgIpc) is 2.76. The lowest BCUT2D eigenvalue weighted by Gasteiger charge is -2.34. The van der Waals surface area contributed by atoms with Crippen molar-refractivity contribution >= 4 is 29.0 Å². The van der Waals surface area contributed by atoms with Crippen LogP contribution < -0.4 is 9.47 Å². The Labute approximate surface area is 183 Å². The van der Waals surface area contributed by atoms with Gasteiger partial charge < -0.3 is 19.7 Å². The Morgan fingerprint density at radius 2 is 1.74 bits per heavy atom. The Balaban J connectivity index is 2.03. The lowest BCUT2D eigenvalue weighted by Crippen LogP contribution is -2.42. The number of aliphatic carboxylic acids is 1. The minimum absolute atomic E-state index is 0.110. The molecule has 2 aromatic rings. The van der Waals surface area contributed by atoms with Crippen molar-refractivity contribution in [3.05, 3.63) is 70.9 Å². The van der Waals surface area contributed by atoms with Gasteiger partial charge in [-0.05, 0) is 30.7 Å². The number of aliphatic imine (C=N–C) groups is 1. The number of para-hydroxylation sites is 1. The van der Waals surface area contributed by atoms with Crippen LogP contribution in [0.4, 0.5) is 4.79 Å². The van der Waals surface area contributed by atoms with Crippen LogP contribution in [-0.4, -0.2) is 46.6 Å². The third-order valence-corrected chi connectivity index (χ3v) is 5.81. The summed E-state index contributed by atoms with van der Waals surface area (Å²) in [6.45, 7) is 1.57. The maximum absolute atomic E-state index is 12.3. The zero-order valence-electron chi connectivity index (χ0n) is 17.2. The van der Waals surface area contributed by atoms with E-state index in [1.54, 1.807) is 38.3 Å². The molecule has 1 aliphatic heterocycles. The smallest absolute Gasteiger partial charge is 0.414 e. The largest absolute Gasteiger partial charge is 0.497 e. The highest BCUT2D eigenvalue weighted by Crippen LogP contribution is 2.41. The molecule has 31 heavy (non-hydrogen) atoms. The Morgan fingerprint density at radius 3 is 2.32 bits per heavy atom. The predicted molar refractivity (Wildman–Crippen MR) is 118 cm³/mol. The fourth-order valence-corrected chi connectivity index (χ4v) is 4.33. The fraction of sp³-hybridized carbons (Fsp3) is 0.227. The van der Waals surface area contributed by atoms with Gasteiger partial charge in [0.25, 0.3) is 0 Å². The van der Waals surface area contributed by atoms with E-state index in [-0.39, 0.29) is 16.4 Å². The van der Waals surface area contributed by atoms with E-state index in [0.29, 0.717) is 17.1 Å². The molecule has 2 N–H and O–H groups in total. The first-order valence-corrected chi connectivity index (χ1v) is 10.3. The second-order valence-corrected chi connectivity index (χ2v) is 7.57. The summed E-state index contributed by atoms with van der Waals surface area (Å²) in [6.07, 6.45) is -1.30.